The van der Waals surface area contributed by atoms with Crippen LogP contribution in [0.4, 0.5) is 0 Å². The molecule has 14 heavy (non-hydrogen) atoms. The molecule has 0 unspecified atom stereocenters. The number of hydrogen-bond acceptors (Lipinski definition) is 2. The molecule has 0 aliphatic rings. The van der Waals surface area contributed by atoms with E-state index in [2.05, 4.69) is 31.5 Å². The molecule has 0 saturated carbocycles. The van der Waals surface area contributed by atoms with Crippen molar-refractivity contribution in [3.05, 3.63) is 12.7 Å². The van der Waals surface area contributed by atoms with Gasteiger partial charge in [-0.3, -0.25) is 4.79 Å². The molecule has 1 amide bonds. The number of hydrogen-bond donors (Lipinski definition) is 1. The molecule has 82 valence electrons. The molecule has 0 saturated heterocycles. The van der Waals surface area contributed by atoms with Gasteiger partial charge in [-0.15, -0.1) is 0 Å². The number of nitrogens with one attached hydrogen (secondary N) is 1. The molecule has 0 spiro atoms. The predicted molar refractivity (Wildman–Crippen MR) is 65.6 cm³/mol. The molecule has 0 rings (SSSR count). The maximum Gasteiger partial charge on any atom is 0.243 e. The van der Waals surface area contributed by atoms with Gasteiger partial charge in [0.25, 0.3) is 0 Å². The van der Waals surface area contributed by atoms with Crippen LogP contribution in [0.3, 0.4) is 0 Å². The molecule has 0 aliphatic heterocycles. The molecule has 0 fully saturated rings. The lowest BCUT2D eigenvalue weighted by Gasteiger charge is -2.17. The van der Waals surface area contributed by atoms with E-state index in [-0.39, 0.29) is 15.7 Å². The Morgan fingerprint density at radius 1 is 1.57 bits per heavy atom. The van der Waals surface area contributed by atoms with E-state index in [0.717, 1.165) is 19.0 Å². The van der Waals surface area contributed by atoms with Gasteiger partial charge in [0.15, 0.2) is 8.32 Å². The molecule has 0 aromatic carbocycles. The topological polar surface area (TPSA) is 38.3 Å². The summed E-state index contributed by atoms with van der Waals surface area (Å²) in [6, 6.07) is 1.14. The third-order valence-electron chi connectivity index (χ3n) is 1.59. The second kappa shape index (κ2) is 6.97. The Bertz CT molecular complexity index is 190. The van der Waals surface area contributed by atoms with Crippen LogP contribution in [0.25, 0.3) is 0 Å². The van der Waals surface area contributed by atoms with Crippen LogP contribution in [-0.2, 0) is 8.91 Å². The first-order valence-corrected chi connectivity index (χ1v) is 9.98. The van der Waals surface area contributed by atoms with Gasteiger partial charge < -0.3 is 9.43 Å². The Balaban J connectivity index is 3.22. The fraction of sp³-hybridized carbons (Fsp3) is 0.667. The Morgan fingerprint density at radius 2 is 2.21 bits per heavy atom. The van der Waals surface area contributed by atoms with Gasteiger partial charge in [-0.25, -0.2) is 0 Å². The van der Waals surface area contributed by atoms with E-state index in [0.29, 0.717) is 0 Å². The van der Waals surface area contributed by atoms with E-state index in [1.807, 2.05) is 0 Å². The minimum absolute atomic E-state index is 0.0854. The van der Waals surface area contributed by atoms with Crippen molar-refractivity contribution in [1.29, 1.82) is 0 Å². The average molecular weight is 231 g/mol. The van der Waals surface area contributed by atoms with Crippen LogP contribution in [0.1, 0.15) is 6.42 Å². The first-order valence-electron chi connectivity index (χ1n) is 5.00. The van der Waals surface area contributed by atoms with Crippen molar-refractivity contribution in [2.75, 3.05) is 6.54 Å². The highest BCUT2D eigenvalue weighted by molar-refractivity contribution is 6.73. The zero-order valence-corrected chi connectivity index (χ0v) is 11.8. The van der Waals surface area contributed by atoms with Crippen LogP contribution in [0.5, 0.6) is 0 Å². The van der Waals surface area contributed by atoms with Gasteiger partial charge in [0, 0.05) is 6.54 Å². The largest absolute Gasteiger partial charge is 0.461 e. The van der Waals surface area contributed by atoms with E-state index in [1.165, 1.54) is 6.08 Å². The zero-order chi connectivity index (χ0) is 11.0. The maximum atomic E-state index is 10.8. The molecule has 0 atom stereocenters. The third kappa shape index (κ3) is 9.69. The summed E-state index contributed by atoms with van der Waals surface area (Å²) in [5.74, 6) is -0.0854. The monoisotopic (exact) mass is 231 g/mol. The molecule has 0 radical (unpaired) electrons. The SMILES string of the molecule is C=CC(=O)NCCC[SiH2]O[Si](C)(C)C. The van der Waals surface area contributed by atoms with E-state index in [9.17, 15) is 4.79 Å². The fourth-order valence-electron chi connectivity index (χ4n) is 0.889. The van der Waals surface area contributed by atoms with Gasteiger partial charge in [0.2, 0.25) is 5.91 Å². The molecule has 0 aromatic heterocycles. The van der Waals surface area contributed by atoms with Gasteiger partial charge in [-0.05, 0) is 38.2 Å². The minimum Gasteiger partial charge on any atom is -0.461 e. The molecule has 5 heteroatoms. The second-order valence-electron chi connectivity index (χ2n) is 4.16. The predicted octanol–water partition coefficient (Wildman–Crippen LogP) is 1.03. The molecule has 3 nitrogen and oxygen atoms in total. The summed E-state index contributed by atoms with van der Waals surface area (Å²) in [5.41, 5.74) is 0. The zero-order valence-electron chi connectivity index (χ0n) is 9.43. The van der Waals surface area contributed by atoms with Gasteiger partial charge >= 0.3 is 0 Å². The smallest absolute Gasteiger partial charge is 0.243 e. The molecular formula is C9H21NO2Si2. The van der Waals surface area contributed by atoms with E-state index < -0.39 is 8.32 Å². The van der Waals surface area contributed by atoms with Crippen LogP contribution >= 0.6 is 0 Å². The number of rotatable bonds is 7. The first kappa shape index (κ1) is 13.6. The standard InChI is InChI=1S/C9H21NO2Si2/c1-5-9(11)10-7-6-8-13-12-14(2,3)4/h5H,1,6-8,13H2,2-4H3,(H,10,11). The van der Waals surface area contributed by atoms with Crippen LogP contribution in [0.15, 0.2) is 12.7 Å². The third-order valence-corrected chi connectivity index (χ3v) is 6.66. The lowest BCUT2D eigenvalue weighted by atomic mass is 10.4. The molecule has 1 N–H and O–H groups in total. The summed E-state index contributed by atoms with van der Waals surface area (Å²) in [7, 11) is -1.65. The molecular weight excluding hydrogens is 210 g/mol. The number of carbonyl (C=O) groups is 1. The van der Waals surface area contributed by atoms with Gasteiger partial charge in [-0.1, -0.05) is 6.58 Å². The Morgan fingerprint density at radius 3 is 2.71 bits per heavy atom. The highest BCUT2D eigenvalue weighted by Gasteiger charge is 2.12. The summed E-state index contributed by atoms with van der Waals surface area (Å²) in [4.78, 5) is 10.8. The van der Waals surface area contributed by atoms with Crippen molar-refractivity contribution in [3.8, 4) is 0 Å². The fourth-order valence-corrected chi connectivity index (χ4v) is 4.37. The van der Waals surface area contributed by atoms with Crippen molar-refractivity contribution >= 4 is 24.0 Å². The number of amides is 1. The van der Waals surface area contributed by atoms with Crippen molar-refractivity contribution in [1.82, 2.24) is 5.32 Å². The lowest BCUT2D eigenvalue weighted by molar-refractivity contribution is -0.116. The first-order chi connectivity index (χ1) is 6.45. The Labute approximate surface area is 90.0 Å². The molecule has 0 heterocycles. The van der Waals surface area contributed by atoms with Crippen molar-refractivity contribution < 1.29 is 8.91 Å². The Kier molecular flexibility index (Phi) is 6.77. The van der Waals surface area contributed by atoms with E-state index in [4.69, 9.17) is 4.12 Å². The highest BCUT2D eigenvalue weighted by atomic mass is 28.4. The molecule has 0 aromatic rings. The highest BCUT2D eigenvalue weighted by Crippen LogP contribution is 2.02. The van der Waals surface area contributed by atoms with Crippen molar-refractivity contribution in [3.63, 3.8) is 0 Å². The second-order valence-corrected chi connectivity index (χ2v) is 10.7. The summed E-state index contributed by atoms with van der Waals surface area (Å²) >= 11 is 0. The van der Waals surface area contributed by atoms with Crippen molar-refractivity contribution in [2.45, 2.75) is 32.1 Å². The normalized spacial score (nSPS) is 11.9. The van der Waals surface area contributed by atoms with Gasteiger partial charge in [-0.2, -0.15) is 0 Å². The average Bonchev–Trinajstić information content (AvgIpc) is 2.08. The quantitative estimate of drug-likeness (QED) is 0.404. The summed E-state index contributed by atoms with van der Waals surface area (Å²) in [6.45, 7) is 10.8. The van der Waals surface area contributed by atoms with Crippen LogP contribution in [-0.4, -0.2) is 30.5 Å². The molecule has 0 bridgehead atoms. The van der Waals surface area contributed by atoms with Crippen LogP contribution in [0.2, 0.25) is 25.7 Å². The summed E-state index contributed by atoms with van der Waals surface area (Å²) in [6.07, 6.45) is 2.33. The van der Waals surface area contributed by atoms with Crippen molar-refractivity contribution in [2.24, 2.45) is 0 Å². The Hall–Kier alpha value is -0.396. The minimum atomic E-state index is -1.29. The summed E-state index contributed by atoms with van der Waals surface area (Å²) < 4.78 is 5.81. The summed E-state index contributed by atoms with van der Waals surface area (Å²) in [5, 5.41) is 2.75. The van der Waals surface area contributed by atoms with Gasteiger partial charge in [0.1, 0.15) is 9.76 Å². The molecule has 0 aliphatic carbocycles. The number of carbonyl (C=O) groups excluding carboxylic acids is 1. The maximum absolute atomic E-state index is 10.8. The van der Waals surface area contributed by atoms with Crippen LogP contribution < -0.4 is 5.32 Å². The van der Waals surface area contributed by atoms with Crippen LogP contribution in [0, 0.1) is 0 Å². The van der Waals surface area contributed by atoms with Gasteiger partial charge in [0.05, 0.1) is 0 Å². The van der Waals surface area contributed by atoms with E-state index >= 15 is 0 Å². The lowest BCUT2D eigenvalue weighted by Crippen LogP contribution is -2.28. The van der Waals surface area contributed by atoms with E-state index in [1.54, 1.807) is 0 Å².